The van der Waals surface area contributed by atoms with Gasteiger partial charge in [-0.2, -0.15) is 4.31 Å². The minimum atomic E-state index is -3.56. The fourth-order valence-corrected chi connectivity index (χ4v) is 5.25. The SMILES string of the molecule is Cc1cc(Br)c(S(=O)(=O)N(CCCl)C(C)C)cc1Br. The number of sulfonamides is 1. The summed E-state index contributed by atoms with van der Waals surface area (Å²) in [6.45, 7) is 5.87. The first-order valence-electron chi connectivity index (χ1n) is 5.75. The number of nitrogens with zero attached hydrogens (tertiary/aromatic N) is 1. The fraction of sp³-hybridized carbons (Fsp3) is 0.500. The van der Waals surface area contributed by atoms with Gasteiger partial charge < -0.3 is 0 Å². The van der Waals surface area contributed by atoms with Gasteiger partial charge in [0.15, 0.2) is 0 Å². The lowest BCUT2D eigenvalue weighted by atomic mass is 10.2. The zero-order valence-corrected chi connectivity index (χ0v) is 15.7. The monoisotopic (exact) mass is 431 g/mol. The maximum absolute atomic E-state index is 12.7. The zero-order chi connectivity index (χ0) is 14.8. The highest BCUT2D eigenvalue weighted by Gasteiger charge is 2.28. The molecule has 0 unspecified atom stereocenters. The van der Waals surface area contributed by atoms with E-state index in [4.69, 9.17) is 11.6 Å². The van der Waals surface area contributed by atoms with E-state index in [2.05, 4.69) is 31.9 Å². The fourth-order valence-electron chi connectivity index (χ4n) is 1.69. The van der Waals surface area contributed by atoms with E-state index in [9.17, 15) is 8.42 Å². The molecular formula is C12H16Br2ClNO2S. The molecule has 0 spiro atoms. The van der Waals surface area contributed by atoms with Crippen molar-refractivity contribution in [3.05, 3.63) is 26.6 Å². The van der Waals surface area contributed by atoms with Gasteiger partial charge in [0.25, 0.3) is 0 Å². The van der Waals surface area contributed by atoms with E-state index in [0.29, 0.717) is 11.0 Å². The summed E-state index contributed by atoms with van der Waals surface area (Å²) in [5, 5.41) is 0. The van der Waals surface area contributed by atoms with Crippen molar-refractivity contribution < 1.29 is 8.42 Å². The lowest BCUT2D eigenvalue weighted by Crippen LogP contribution is -2.38. The zero-order valence-electron chi connectivity index (χ0n) is 11.0. The molecule has 0 aliphatic rings. The van der Waals surface area contributed by atoms with Gasteiger partial charge in [-0.25, -0.2) is 8.42 Å². The topological polar surface area (TPSA) is 37.4 Å². The van der Waals surface area contributed by atoms with Gasteiger partial charge in [0.2, 0.25) is 10.0 Å². The molecule has 3 nitrogen and oxygen atoms in total. The molecular weight excluding hydrogens is 417 g/mol. The second-order valence-corrected chi connectivity index (χ2v) is 8.38. The number of benzene rings is 1. The highest BCUT2D eigenvalue weighted by atomic mass is 79.9. The molecule has 0 heterocycles. The molecule has 0 aliphatic carbocycles. The van der Waals surface area contributed by atoms with E-state index in [1.54, 1.807) is 12.1 Å². The summed E-state index contributed by atoms with van der Waals surface area (Å²) in [6.07, 6.45) is 0. The Kier molecular flexibility index (Phi) is 6.32. The molecule has 0 N–H and O–H groups in total. The Labute approximate surface area is 136 Å². The average molecular weight is 434 g/mol. The number of halogens is 3. The van der Waals surface area contributed by atoms with Crippen LogP contribution in [0.3, 0.4) is 0 Å². The van der Waals surface area contributed by atoms with Crippen molar-refractivity contribution in [3.8, 4) is 0 Å². The van der Waals surface area contributed by atoms with Gasteiger partial charge in [-0.1, -0.05) is 15.9 Å². The van der Waals surface area contributed by atoms with Crippen LogP contribution in [0.1, 0.15) is 19.4 Å². The Morgan fingerprint density at radius 2 is 1.84 bits per heavy atom. The van der Waals surface area contributed by atoms with E-state index in [-0.39, 0.29) is 16.8 Å². The maximum atomic E-state index is 12.7. The minimum absolute atomic E-state index is 0.143. The van der Waals surface area contributed by atoms with Crippen LogP contribution in [0.2, 0.25) is 0 Å². The van der Waals surface area contributed by atoms with Gasteiger partial charge in [0, 0.05) is 27.4 Å². The van der Waals surface area contributed by atoms with E-state index < -0.39 is 10.0 Å². The van der Waals surface area contributed by atoms with Crippen molar-refractivity contribution in [2.24, 2.45) is 0 Å². The summed E-state index contributed by atoms with van der Waals surface area (Å²) in [4.78, 5) is 0.254. The summed E-state index contributed by atoms with van der Waals surface area (Å²) in [5.41, 5.74) is 0.972. The predicted octanol–water partition coefficient (Wildman–Crippen LogP) is 4.16. The molecule has 108 valence electrons. The number of hydrogen-bond acceptors (Lipinski definition) is 2. The van der Waals surface area contributed by atoms with Crippen LogP contribution in [0.4, 0.5) is 0 Å². The van der Waals surface area contributed by atoms with Gasteiger partial charge in [-0.05, 0) is 54.4 Å². The average Bonchev–Trinajstić information content (AvgIpc) is 2.29. The Bertz CT molecular complexity index is 561. The van der Waals surface area contributed by atoms with Crippen LogP contribution in [-0.2, 0) is 10.0 Å². The molecule has 1 aromatic rings. The summed E-state index contributed by atoms with van der Waals surface area (Å²) >= 11 is 12.4. The number of hydrogen-bond donors (Lipinski definition) is 0. The Balaban J connectivity index is 3.37. The van der Waals surface area contributed by atoms with Crippen LogP contribution in [0.25, 0.3) is 0 Å². The third-order valence-corrected chi connectivity index (χ3v) is 6.74. The van der Waals surface area contributed by atoms with Gasteiger partial charge in [0.05, 0.1) is 4.90 Å². The molecule has 7 heteroatoms. The molecule has 0 radical (unpaired) electrons. The summed E-state index contributed by atoms with van der Waals surface area (Å²) in [6, 6.07) is 3.27. The van der Waals surface area contributed by atoms with Gasteiger partial charge >= 0.3 is 0 Å². The molecule has 0 fully saturated rings. The largest absolute Gasteiger partial charge is 0.244 e. The third kappa shape index (κ3) is 3.94. The molecule has 0 bridgehead atoms. The van der Waals surface area contributed by atoms with Gasteiger partial charge in [-0.3, -0.25) is 0 Å². The first kappa shape index (κ1) is 17.4. The van der Waals surface area contributed by atoms with Crippen molar-refractivity contribution in [1.29, 1.82) is 0 Å². The molecule has 1 aromatic carbocycles. The van der Waals surface area contributed by atoms with Crippen LogP contribution in [-0.4, -0.2) is 31.2 Å². The van der Waals surface area contributed by atoms with Crippen LogP contribution in [0, 0.1) is 6.92 Å². The van der Waals surface area contributed by atoms with Crippen molar-refractivity contribution >= 4 is 53.5 Å². The molecule has 0 aromatic heterocycles. The second-order valence-electron chi connectivity index (χ2n) is 4.43. The van der Waals surface area contributed by atoms with E-state index in [1.807, 2.05) is 20.8 Å². The molecule has 19 heavy (non-hydrogen) atoms. The summed E-state index contributed by atoms with van der Waals surface area (Å²) < 4.78 is 28.1. The van der Waals surface area contributed by atoms with Crippen LogP contribution >= 0.6 is 43.5 Å². The minimum Gasteiger partial charge on any atom is -0.207 e. The third-order valence-electron chi connectivity index (χ3n) is 2.68. The molecule has 1 rings (SSSR count). The Hall–Kier alpha value is 0.380. The summed E-state index contributed by atoms with van der Waals surface area (Å²) in [7, 11) is -3.56. The van der Waals surface area contributed by atoms with E-state index in [1.165, 1.54) is 4.31 Å². The standard InChI is InChI=1S/C12H16Br2ClNO2S/c1-8(2)16(5-4-15)19(17,18)12-7-10(13)9(3)6-11(12)14/h6-8H,4-5H2,1-3H3. The summed E-state index contributed by atoms with van der Waals surface area (Å²) in [5.74, 6) is 0.266. The number of aryl methyl sites for hydroxylation is 1. The number of rotatable bonds is 5. The quantitative estimate of drug-likeness (QED) is 0.654. The smallest absolute Gasteiger partial charge is 0.207 e. The molecule has 0 saturated carbocycles. The first-order chi connectivity index (χ1) is 8.71. The van der Waals surface area contributed by atoms with Gasteiger partial charge in [-0.15, -0.1) is 11.6 Å². The highest BCUT2D eigenvalue weighted by molar-refractivity contribution is 9.11. The van der Waals surface area contributed by atoms with Crippen molar-refractivity contribution in [1.82, 2.24) is 4.31 Å². The van der Waals surface area contributed by atoms with Crippen LogP contribution in [0.15, 0.2) is 26.0 Å². The Morgan fingerprint density at radius 3 is 2.32 bits per heavy atom. The van der Waals surface area contributed by atoms with E-state index >= 15 is 0 Å². The van der Waals surface area contributed by atoms with Crippen LogP contribution in [0.5, 0.6) is 0 Å². The molecule has 0 atom stereocenters. The predicted molar refractivity (Wildman–Crippen MR) is 86.3 cm³/mol. The van der Waals surface area contributed by atoms with Crippen molar-refractivity contribution in [2.75, 3.05) is 12.4 Å². The maximum Gasteiger partial charge on any atom is 0.244 e. The first-order valence-corrected chi connectivity index (χ1v) is 9.31. The van der Waals surface area contributed by atoms with Crippen molar-refractivity contribution in [3.63, 3.8) is 0 Å². The highest BCUT2D eigenvalue weighted by Crippen LogP contribution is 2.31. The van der Waals surface area contributed by atoms with Crippen LogP contribution < -0.4 is 0 Å². The van der Waals surface area contributed by atoms with E-state index in [0.717, 1.165) is 10.0 Å². The lowest BCUT2D eigenvalue weighted by Gasteiger charge is -2.25. The molecule has 0 saturated heterocycles. The Morgan fingerprint density at radius 1 is 1.26 bits per heavy atom. The molecule has 0 aliphatic heterocycles. The molecule has 0 amide bonds. The van der Waals surface area contributed by atoms with Crippen molar-refractivity contribution in [2.45, 2.75) is 31.7 Å². The normalized spacial score (nSPS) is 12.4. The number of alkyl halides is 1. The second kappa shape index (κ2) is 6.89. The lowest BCUT2D eigenvalue weighted by molar-refractivity contribution is 0.370. The van der Waals surface area contributed by atoms with Gasteiger partial charge in [0.1, 0.15) is 0 Å².